The van der Waals surface area contributed by atoms with E-state index in [9.17, 15) is 14.4 Å². The lowest BCUT2D eigenvalue weighted by atomic mass is 9.98. The molecule has 0 aromatic heterocycles. The molecular weight excluding hydrogens is 400 g/mol. The van der Waals surface area contributed by atoms with Gasteiger partial charge in [0.25, 0.3) is 0 Å². The van der Waals surface area contributed by atoms with Crippen LogP contribution in [-0.2, 0) is 19.1 Å². The molecule has 2 amide bonds. The number of hydrogen-bond donors (Lipinski definition) is 3. The Hall–Kier alpha value is -3.39. The van der Waals surface area contributed by atoms with Gasteiger partial charge in [0.2, 0.25) is 5.91 Å². The summed E-state index contributed by atoms with van der Waals surface area (Å²) in [6.45, 7) is 0.855. The molecule has 1 aliphatic rings. The van der Waals surface area contributed by atoms with Gasteiger partial charge in [0.05, 0.1) is 6.42 Å². The predicted molar refractivity (Wildman–Crippen MR) is 114 cm³/mol. The molecule has 0 fully saturated rings. The van der Waals surface area contributed by atoms with Crippen LogP contribution in [0.1, 0.15) is 29.9 Å². The largest absolute Gasteiger partial charge is 0.481 e. The first-order valence-corrected chi connectivity index (χ1v) is 10.1. The smallest absolute Gasteiger partial charge is 0.407 e. The van der Waals surface area contributed by atoms with E-state index in [1.165, 1.54) is 0 Å². The summed E-state index contributed by atoms with van der Waals surface area (Å²) in [7, 11) is 1.55. The van der Waals surface area contributed by atoms with Crippen LogP contribution in [-0.4, -0.2) is 56.0 Å². The molecule has 0 heterocycles. The van der Waals surface area contributed by atoms with Crippen LogP contribution in [0.25, 0.3) is 11.1 Å². The van der Waals surface area contributed by atoms with Crippen molar-refractivity contribution in [2.45, 2.75) is 24.8 Å². The van der Waals surface area contributed by atoms with Crippen molar-refractivity contribution in [2.75, 3.05) is 26.9 Å². The van der Waals surface area contributed by atoms with Crippen LogP contribution >= 0.6 is 0 Å². The number of alkyl carbamates (subject to hydrolysis) is 1. The molecule has 0 bridgehead atoms. The Balaban J connectivity index is 1.61. The average Bonchev–Trinajstić information content (AvgIpc) is 3.08. The number of benzene rings is 2. The highest BCUT2D eigenvalue weighted by atomic mass is 16.5. The molecule has 8 nitrogen and oxygen atoms in total. The number of methoxy groups -OCH3 is 1. The zero-order valence-corrected chi connectivity index (χ0v) is 17.3. The minimum Gasteiger partial charge on any atom is -0.481 e. The van der Waals surface area contributed by atoms with Crippen LogP contribution in [0, 0.1) is 0 Å². The number of rotatable bonds is 10. The maximum atomic E-state index is 12.4. The number of carboxylic acid groups (broad SMARTS) is 1. The zero-order chi connectivity index (χ0) is 22.2. The highest BCUT2D eigenvalue weighted by Crippen LogP contribution is 2.44. The first-order valence-electron chi connectivity index (χ1n) is 10.1. The summed E-state index contributed by atoms with van der Waals surface area (Å²) in [6, 6.07) is 14.7. The molecule has 2 aromatic rings. The second-order valence-corrected chi connectivity index (χ2v) is 7.26. The quantitative estimate of drug-likeness (QED) is 0.503. The van der Waals surface area contributed by atoms with E-state index in [0.717, 1.165) is 22.3 Å². The Kier molecular flexibility index (Phi) is 7.61. The topological polar surface area (TPSA) is 114 Å². The molecule has 8 heteroatoms. The summed E-state index contributed by atoms with van der Waals surface area (Å²) in [4.78, 5) is 35.8. The first kappa shape index (κ1) is 22.3. The second kappa shape index (κ2) is 10.6. The normalized spacial score (nSPS) is 13.1. The summed E-state index contributed by atoms with van der Waals surface area (Å²) >= 11 is 0. The van der Waals surface area contributed by atoms with Crippen molar-refractivity contribution in [2.24, 2.45) is 0 Å². The lowest BCUT2D eigenvalue weighted by molar-refractivity contribution is -0.139. The van der Waals surface area contributed by atoms with Crippen LogP contribution < -0.4 is 10.6 Å². The van der Waals surface area contributed by atoms with Crippen molar-refractivity contribution in [3.63, 3.8) is 0 Å². The second-order valence-electron chi connectivity index (χ2n) is 7.26. The highest BCUT2D eigenvalue weighted by Gasteiger charge is 2.30. The molecular formula is C23H26N2O6. The van der Waals surface area contributed by atoms with Gasteiger partial charge < -0.3 is 25.2 Å². The fourth-order valence-electron chi connectivity index (χ4n) is 3.72. The number of carbonyl (C=O) groups excluding carboxylic acids is 2. The predicted octanol–water partition coefficient (Wildman–Crippen LogP) is 2.52. The van der Waals surface area contributed by atoms with Gasteiger partial charge >= 0.3 is 12.1 Å². The number of aliphatic carboxylic acids is 1. The fourth-order valence-corrected chi connectivity index (χ4v) is 3.72. The van der Waals surface area contributed by atoms with Gasteiger partial charge in [0.15, 0.2) is 0 Å². The standard InChI is InChI=1S/C23H26N2O6/c1-30-12-6-11-24-22(28)20(13-21(26)27)25-23(29)31-14-19-17-9-4-2-7-15(17)16-8-3-5-10-18(16)19/h2-5,7-10,19-20H,6,11-14H2,1H3,(H,24,28)(H,25,29)(H,26,27). The van der Waals surface area contributed by atoms with Crippen LogP contribution in [0.5, 0.6) is 0 Å². The number of carbonyl (C=O) groups is 3. The van der Waals surface area contributed by atoms with E-state index < -0.39 is 30.4 Å². The van der Waals surface area contributed by atoms with Gasteiger partial charge in [0, 0.05) is 26.2 Å². The molecule has 0 saturated carbocycles. The Labute approximate surface area is 180 Å². The molecule has 1 unspecified atom stereocenters. The van der Waals surface area contributed by atoms with E-state index in [0.29, 0.717) is 19.6 Å². The molecule has 31 heavy (non-hydrogen) atoms. The minimum absolute atomic E-state index is 0.0785. The van der Waals surface area contributed by atoms with E-state index in [-0.39, 0.29) is 12.5 Å². The van der Waals surface area contributed by atoms with Gasteiger partial charge in [-0.3, -0.25) is 9.59 Å². The summed E-state index contributed by atoms with van der Waals surface area (Å²) < 4.78 is 10.3. The van der Waals surface area contributed by atoms with E-state index in [1.807, 2.05) is 48.5 Å². The van der Waals surface area contributed by atoms with Crippen LogP contribution in [0.2, 0.25) is 0 Å². The monoisotopic (exact) mass is 426 g/mol. The zero-order valence-electron chi connectivity index (χ0n) is 17.3. The summed E-state index contributed by atoms with van der Waals surface area (Å²) in [5.74, 6) is -1.90. The van der Waals surface area contributed by atoms with Crippen LogP contribution in [0.15, 0.2) is 48.5 Å². The van der Waals surface area contributed by atoms with Crippen molar-refractivity contribution in [1.29, 1.82) is 0 Å². The molecule has 164 valence electrons. The Morgan fingerprint density at radius 2 is 1.65 bits per heavy atom. The summed E-state index contributed by atoms with van der Waals surface area (Å²) in [6.07, 6.45) is -0.798. The van der Waals surface area contributed by atoms with Gasteiger partial charge in [-0.15, -0.1) is 0 Å². The molecule has 1 aliphatic carbocycles. The van der Waals surface area contributed by atoms with Gasteiger partial charge in [-0.2, -0.15) is 0 Å². The van der Waals surface area contributed by atoms with E-state index in [1.54, 1.807) is 7.11 Å². The summed E-state index contributed by atoms with van der Waals surface area (Å²) in [5.41, 5.74) is 4.33. The average molecular weight is 426 g/mol. The number of hydrogen-bond acceptors (Lipinski definition) is 5. The van der Waals surface area contributed by atoms with Crippen molar-refractivity contribution in [3.05, 3.63) is 59.7 Å². The van der Waals surface area contributed by atoms with E-state index >= 15 is 0 Å². The number of carboxylic acids is 1. The molecule has 3 rings (SSSR count). The third kappa shape index (κ3) is 5.61. The number of nitrogens with one attached hydrogen (secondary N) is 2. The van der Waals surface area contributed by atoms with Gasteiger partial charge in [0.1, 0.15) is 12.6 Å². The van der Waals surface area contributed by atoms with Crippen molar-refractivity contribution in [1.82, 2.24) is 10.6 Å². The van der Waals surface area contributed by atoms with Crippen molar-refractivity contribution in [3.8, 4) is 11.1 Å². The third-order valence-corrected chi connectivity index (χ3v) is 5.16. The highest BCUT2D eigenvalue weighted by molar-refractivity contribution is 5.89. The summed E-state index contributed by atoms with van der Waals surface area (Å²) in [5, 5.41) is 14.1. The van der Waals surface area contributed by atoms with Crippen molar-refractivity contribution >= 4 is 18.0 Å². The molecule has 0 spiro atoms. The van der Waals surface area contributed by atoms with E-state index in [4.69, 9.17) is 14.6 Å². The molecule has 3 N–H and O–H groups in total. The Morgan fingerprint density at radius 3 is 2.23 bits per heavy atom. The van der Waals surface area contributed by atoms with E-state index in [2.05, 4.69) is 10.6 Å². The van der Waals surface area contributed by atoms with Crippen LogP contribution in [0.3, 0.4) is 0 Å². The maximum absolute atomic E-state index is 12.4. The number of fused-ring (bicyclic) bond motifs is 3. The van der Waals surface area contributed by atoms with Gasteiger partial charge in [-0.05, 0) is 28.7 Å². The van der Waals surface area contributed by atoms with Gasteiger partial charge in [-0.1, -0.05) is 48.5 Å². The molecule has 0 aliphatic heterocycles. The fraction of sp³-hybridized carbons (Fsp3) is 0.348. The minimum atomic E-state index is -1.23. The molecule has 1 atom stereocenters. The Morgan fingerprint density at radius 1 is 1.03 bits per heavy atom. The maximum Gasteiger partial charge on any atom is 0.407 e. The molecule has 2 aromatic carbocycles. The lowest BCUT2D eigenvalue weighted by Crippen LogP contribution is -2.48. The molecule has 0 saturated heterocycles. The van der Waals surface area contributed by atoms with Crippen molar-refractivity contribution < 1.29 is 29.0 Å². The molecule has 0 radical (unpaired) electrons. The first-order chi connectivity index (χ1) is 15.0. The third-order valence-electron chi connectivity index (χ3n) is 5.16. The van der Waals surface area contributed by atoms with Gasteiger partial charge in [-0.25, -0.2) is 4.79 Å². The number of ether oxygens (including phenoxy) is 2. The Bertz CT molecular complexity index is 900. The lowest BCUT2D eigenvalue weighted by Gasteiger charge is -2.18. The SMILES string of the molecule is COCCCNC(=O)C(CC(=O)O)NC(=O)OCC1c2ccccc2-c2ccccc21. The van der Waals surface area contributed by atoms with Crippen LogP contribution in [0.4, 0.5) is 4.79 Å². The number of amides is 2.